The van der Waals surface area contributed by atoms with Crippen LogP contribution in [0.3, 0.4) is 0 Å². The predicted molar refractivity (Wildman–Crippen MR) is 76.5 cm³/mol. The number of sulfonamides is 1. The van der Waals surface area contributed by atoms with Gasteiger partial charge in [-0.3, -0.25) is 4.72 Å². The SMILES string of the molecule is Nc1cc(Cl)cc(S(=O)(=O)Nc2nccs2)c1Br. The lowest BCUT2D eigenvalue weighted by Gasteiger charge is -2.09. The molecule has 0 saturated heterocycles. The van der Waals surface area contributed by atoms with Crippen LogP contribution in [0.2, 0.25) is 5.02 Å². The van der Waals surface area contributed by atoms with Crippen molar-refractivity contribution in [2.45, 2.75) is 4.90 Å². The van der Waals surface area contributed by atoms with Crippen molar-refractivity contribution in [1.82, 2.24) is 4.98 Å². The van der Waals surface area contributed by atoms with Gasteiger partial charge in [-0.1, -0.05) is 11.6 Å². The molecule has 96 valence electrons. The van der Waals surface area contributed by atoms with Crippen LogP contribution in [0, 0.1) is 0 Å². The summed E-state index contributed by atoms with van der Waals surface area (Å²) < 4.78 is 26.9. The lowest BCUT2D eigenvalue weighted by atomic mass is 10.3. The number of hydrogen-bond acceptors (Lipinski definition) is 5. The Morgan fingerprint density at radius 1 is 1.44 bits per heavy atom. The third-order valence-electron chi connectivity index (χ3n) is 1.98. The molecule has 1 aromatic carbocycles. The number of rotatable bonds is 3. The first-order chi connectivity index (χ1) is 8.40. The zero-order valence-electron chi connectivity index (χ0n) is 8.72. The van der Waals surface area contributed by atoms with E-state index in [1.54, 1.807) is 5.38 Å². The smallest absolute Gasteiger partial charge is 0.264 e. The lowest BCUT2D eigenvalue weighted by molar-refractivity contribution is 0.601. The van der Waals surface area contributed by atoms with Crippen LogP contribution in [-0.4, -0.2) is 13.4 Å². The van der Waals surface area contributed by atoms with Gasteiger partial charge in [-0.05, 0) is 28.1 Å². The highest BCUT2D eigenvalue weighted by Gasteiger charge is 2.21. The highest BCUT2D eigenvalue weighted by atomic mass is 79.9. The van der Waals surface area contributed by atoms with E-state index in [0.717, 1.165) is 0 Å². The van der Waals surface area contributed by atoms with Crippen molar-refractivity contribution >= 4 is 59.7 Å². The van der Waals surface area contributed by atoms with E-state index in [9.17, 15) is 8.42 Å². The van der Waals surface area contributed by atoms with Crippen molar-refractivity contribution in [3.05, 3.63) is 33.2 Å². The molecule has 5 nitrogen and oxygen atoms in total. The second kappa shape index (κ2) is 5.04. The van der Waals surface area contributed by atoms with Crippen LogP contribution in [0.15, 0.2) is 33.1 Å². The number of hydrogen-bond donors (Lipinski definition) is 2. The maximum absolute atomic E-state index is 12.1. The highest BCUT2D eigenvalue weighted by Crippen LogP contribution is 2.32. The monoisotopic (exact) mass is 367 g/mol. The third kappa shape index (κ3) is 2.77. The van der Waals surface area contributed by atoms with Crippen LogP contribution < -0.4 is 10.5 Å². The minimum atomic E-state index is -3.77. The minimum Gasteiger partial charge on any atom is -0.398 e. The molecule has 0 amide bonds. The van der Waals surface area contributed by atoms with Crippen molar-refractivity contribution in [2.24, 2.45) is 0 Å². The van der Waals surface area contributed by atoms with E-state index in [-0.39, 0.29) is 25.2 Å². The van der Waals surface area contributed by atoms with Gasteiger partial charge >= 0.3 is 0 Å². The average molecular weight is 369 g/mol. The normalized spacial score (nSPS) is 11.4. The van der Waals surface area contributed by atoms with Crippen molar-refractivity contribution in [3.63, 3.8) is 0 Å². The van der Waals surface area contributed by atoms with E-state index >= 15 is 0 Å². The fraction of sp³-hybridized carbons (Fsp3) is 0. The fourth-order valence-corrected chi connectivity index (χ4v) is 4.31. The topological polar surface area (TPSA) is 85.1 Å². The standard InChI is InChI=1S/C9H7BrClN3O2S2/c10-8-6(12)3-5(11)4-7(8)18(15,16)14-9-13-1-2-17-9/h1-4H,12H2,(H,13,14). The van der Waals surface area contributed by atoms with Crippen LogP contribution in [0.1, 0.15) is 0 Å². The van der Waals surface area contributed by atoms with Gasteiger partial charge in [-0.2, -0.15) is 0 Å². The van der Waals surface area contributed by atoms with Gasteiger partial charge in [0, 0.05) is 22.3 Å². The summed E-state index contributed by atoms with van der Waals surface area (Å²) >= 11 is 10.1. The molecule has 0 unspecified atom stereocenters. The number of nitrogens with one attached hydrogen (secondary N) is 1. The maximum atomic E-state index is 12.1. The van der Waals surface area contributed by atoms with E-state index in [1.807, 2.05) is 0 Å². The number of nitrogen functional groups attached to an aromatic ring is 1. The van der Waals surface area contributed by atoms with E-state index in [0.29, 0.717) is 0 Å². The van der Waals surface area contributed by atoms with Gasteiger partial charge < -0.3 is 5.73 Å². The Morgan fingerprint density at radius 3 is 2.78 bits per heavy atom. The Kier molecular flexibility index (Phi) is 3.81. The molecule has 0 aliphatic rings. The molecule has 1 aromatic heterocycles. The molecule has 0 atom stereocenters. The van der Waals surface area contributed by atoms with Gasteiger partial charge in [-0.15, -0.1) is 11.3 Å². The minimum absolute atomic E-state index is 0.0253. The number of nitrogens with two attached hydrogens (primary N) is 1. The van der Waals surface area contributed by atoms with E-state index in [2.05, 4.69) is 25.6 Å². The molecule has 3 N–H and O–H groups in total. The van der Waals surface area contributed by atoms with Gasteiger partial charge in [0.2, 0.25) is 0 Å². The number of thiazole rings is 1. The number of benzene rings is 1. The van der Waals surface area contributed by atoms with E-state index in [1.165, 1.54) is 29.7 Å². The van der Waals surface area contributed by atoms with E-state index in [4.69, 9.17) is 17.3 Å². The summed E-state index contributed by atoms with van der Waals surface area (Å²) in [6.45, 7) is 0. The van der Waals surface area contributed by atoms with Crippen LogP contribution in [0.4, 0.5) is 10.8 Å². The molecule has 0 aliphatic carbocycles. The predicted octanol–water partition coefficient (Wildman–Crippen LogP) is 2.94. The van der Waals surface area contributed by atoms with Crippen LogP contribution in [-0.2, 0) is 10.0 Å². The Hall–Kier alpha value is -0.830. The molecule has 1 heterocycles. The first-order valence-corrected chi connectivity index (χ1v) is 8.10. The van der Waals surface area contributed by atoms with Crippen molar-refractivity contribution in [3.8, 4) is 0 Å². The van der Waals surface area contributed by atoms with Crippen molar-refractivity contribution in [1.29, 1.82) is 0 Å². The zero-order valence-corrected chi connectivity index (χ0v) is 12.7. The second-order valence-corrected chi connectivity index (χ2v) is 7.02. The van der Waals surface area contributed by atoms with Gasteiger partial charge in [0.15, 0.2) is 5.13 Å². The van der Waals surface area contributed by atoms with Gasteiger partial charge in [0.1, 0.15) is 4.90 Å². The number of aromatic nitrogens is 1. The summed E-state index contributed by atoms with van der Waals surface area (Å²) in [7, 11) is -3.77. The Morgan fingerprint density at radius 2 is 2.17 bits per heavy atom. The lowest BCUT2D eigenvalue weighted by Crippen LogP contribution is -2.14. The summed E-state index contributed by atoms with van der Waals surface area (Å²) in [5.41, 5.74) is 5.91. The number of nitrogens with zero attached hydrogens (tertiary/aromatic N) is 1. The summed E-state index contributed by atoms with van der Waals surface area (Å²) in [6, 6.07) is 2.78. The Bertz CT molecular complexity index is 673. The molecular formula is C9H7BrClN3O2S2. The summed E-state index contributed by atoms with van der Waals surface area (Å²) in [5, 5.41) is 2.19. The quantitative estimate of drug-likeness (QED) is 0.816. The molecule has 2 rings (SSSR count). The zero-order chi connectivity index (χ0) is 13.3. The molecule has 9 heteroatoms. The largest absolute Gasteiger partial charge is 0.398 e. The molecule has 0 spiro atoms. The summed E-state index contributed by atoms with van der Waals surface area (Å²) in [6.07, 6.45) is 1.50. The molecule has 0 fully saturated rings. The summed E-state index contributed by atoms with van der Waals surface area (Å²) in [4.78, 5) is 3.82. The molecule has 18 heavy (non-hydrogen) atoms. The van der Waals surface area contributed by atoms with Crippen LogP contribution in [0.5, 0.6) is 0 Å². The van der Waals surface area contributed by atoms with Crippen LogP contribution >= 0.6 is 38.9 Å². The summed E-state index contributed by atoms with van der Waals surface area (Å²) in [5.74, 6) is 0. The first-order valence-electron chi connectivity index (χ1n) is 4.57. The van der Waals surface area contributed by atoms with Gasteiger partial charge in [-0.25, -0.2) is 13.4 Å². The van der Waals surface area contributed by atoms with Crippen LogP contribution in [0.25, 0.3) is 0 Å². The van der Waals surface area contributed by atoms with Crippen molar-refractivity contribution in [2.75, 3.05) is 10.5 Å². The molecule has 0 aliphatic heterocycles. The number of halogens is 2. The fourth-order valence-electron chi connectivity index (χ4n) is 1.22. The first kappa shape index (κ1) is 13.6. The molecule has 0 saturated carbocycles. The number of anilines is 2. The second-order valence-electron chi connectivity index (χ2n) is 3.25. The Labute approximate surface area is 121 Å². The molecule has 0 bridgehead atoms. The Balaban J connectivity index is 2.48. The molecular weight excluding hydrogens is 362 g/mol. The van der Waals surface area contributed by atoms with Gasteiger partial charge in [0.05, 0.1) is 4.47 Å². The van der Waals surface area contributed by atoms with Crippen molar-refractivity contribution < 1.29 is 8.42 Å². The molecule has 2 aromatic rings. The maximum Gasteiger partial charge on any atom is 0.264 e. The third-order valence-corrected chi connectivity index (χ3v) is 5.52. The average Bonchev–Trinajstić information content (AvgIpc) is 2.75. The van der Waals surface area contributed by atoms with E-state index < -0.39 is 10.0 Å². The highest BCUT2D eigenvalue weighted by molar-refractivity contribution is 9.10. The molecule has 0 radical (unpaired) electrons. The van der Waals surface area contributed by atoms with Gasteiger partial charge in [0.25, 0.3) is 10.0 Å².